The van der Waals surface area contributed by atoms with Crippen molar-refractivity contribution in [3.63, 3.8) is 0 Å². The van der Waals surface area contributed by atoms with Crippen LogP contribution in [0.1, 0.15) is 17.3 Å². The maximum atomic E-state index is 12.5. The van der Waals surface area contributed by atoms with Gasteiger partial charge in [-0.15, -0.1) is 10.2 Å². The third kappa shape index (κ3) is 2.41. The molecule has 2 heterocycles. The van der Waals surface area contributed by atoms with Crippen LogP contribution >= 0.6 is 23.1 Å². The second-order valence-electron chi connectivity index (χ2n) is 4.08. The Balaban J connectivity index is 1.87. The summed E-state index contributed by atoms with van der Waals surface area (Å²) in [5.41, 5.74) is 3.39. The summed E-state index contributed by atoms with van der Waals surface area (Å²) in [7, 11) is 0. The maximum absolute atomic E-state index is 12.5. The molecule has 3 aromatic rings. The van der Waals surface area contributed by atoms with Gasteiger partial charge in [-0.3, -0.25) is 4.79 Å². The lowest BCUT2D eigenvalue weighted by molar-refractivity contribution is 0.0995. The van der Waals surface area contributed by atoms with E-state index in [1.54, 1.807) is 11.7 Å². The molecule has 0 aliphatic heterocycles. The summed E-state index contributed by atoms with van der Waals surface area (Å²) in [6, 6.07) is 7.82. The van der Waals surface area contributed by atoms with Crippen LogP contribution < -0.4 is 0 Å². The molecule has 0 bridgehead atoms. The molecule has 19 heavy (non-hydrogen) atoms. The predicted octanol–water partition coefficient (Wildman–Crippen LogP) is 3.38. The van der Waals surface area contributed by atoms with E-state index in [9.17, 15) is 4.79 Å². The number of hydrogen-bond donors (Lipinski definition) is 1. The van der Waals surface area contributed by atoms with Crippen LogP contribution in [0.3, 0.4) is 0 Å². The van der Waals surface area contributed by atoms with Gasteiger partial charge in [0.1, 0.15) is 5.51 Å². The average Bonchev–Trinajstić information content (AvgIpc) is 3.06. The van der Waals surface area contributed by atoms with Crippen LogP contribution in [0.5, 0.6) is 0 Å². The van der Waals surface area contributed by atoms with Gasteiger partial charge in [-0.2, -0.15) is 0 Å². The summed E-state index contributed by atoms with van der Waals surface area (Å²) in [4.78, 5) is 15.6. The molecule has 0 amide bonds. The van der Waals surface area contributed by atoms with Crippen LogP contribution in [0.15, 0.2) is 40.3 Å². The highest BCUT2D eigenvalue weighted by Crippen LogP contribution is 2.28. The highest BCUT2D eigenvalue weighted by atomic mass is 32.2. The number of carbonyl (C=O) groups excluding carboxylic acids is 1. The number of rotatable bonds is 4. The van der Waals surface area contributed by atoms with Crippen LogP contribution in [0.25, 0.3) is 10.9 Å². The first-order valence-electron chi connectivity index (χ1n) is 5.79. The van der Waals surface area contributed by atoms with Crippen molar-refractivity contribution in [1.29, 1.82) is 0 Å². The first kappa shape index (κ1) is 12.4. The van der Waals surface area contributed by atoms with E-state index in [0.29, 0.717) is 0 Å². The largest absolute Gasteiger partial charge is 0.360 e. The minimum Gasteiger partial charge on any atom is -0.360 e. The van der Waals surface area contributed by atoms with E-state index in [-0.39, 0.29) is 11.0 Å². The number of carbonyl (C=O) groups is 1. The van der Waals surface area contributed by atoms with Crippen LogP contribution in [0, 0.1) is 0 Å². The normalized spacial score (nSPS) is 12.7. The molecule has 0 saturated heterocycles. The zero-order chi connectivity index (χ0) is 13.2. The molecule has 96 valence electrons. The van der Waals surface area contributed by atoms with Crippen molar-refractivity contribution >= 4 is 39.8 Å². The molecule has 1 N–H and O–H groups in total. The number of H-pyrrole nitrogens is 1. The van der Waals surface area contributed by atoms with Crippen LogP contribution in [0.4, 0.5) is 0 Å². The fraction of sp³-hybridized carbons (Fsp3) is 0.154. The molecule has 0 saturated carbocycles. The van der Waals surface area contributed by atoms with Crippen LogP contribution in [-0.4, -0.2) is 26.2 Å². The molecule has 1 aromatic carbocycles. The van der Waals surface area contributed by atoms with Crippen molar-refractivity contribution in [3.8, 4) is 0 Å². The van der Waals surface area contributed by atoms with Crippen LogP contribution in [-0.2, 0) is 0 Å². The second kappa shape index (κ2) is 5.14. The molecule has 0 fully saturated rings. The number of benzene rings is 1. The van der Waals surface area contributed by atoms with Gasteiger partial charge in [0.05, 0.1) is 5.25 Å². The maximum Gasteiger partial charge on any atom is 0.178 e. The molecule has 3 rings (SSSR count). The second-order valence-corrected chi connectivity index (χ2v) is 6.50. The van der Waals surface area contributed by atoms with E-state index in [4.69, 9.17) is 0 Å². The van der Waals surface area contributed by atoms with E-state index in [1.807, 2.05) is 31.2 Å². The zero-order valence-electron chi connectivity index (χ0n) is 10.2. The van der Waals surface area contributed by atoms with E-state index in [1.165, 1.54) is 23.1 Å². The smallest absolute Gasteiger partial charge is 0.178 e. The third-order valence-electron chi connectivity index (χ3n) is 2.84. The van der Waals surface area contributed by atoms with Crippen molar-refractivity contribution in [3.05, 3.63) is 41.5 Å². The Labute approximate surface area is 118 Å². The van der Waals surface area contributed by atoms with Gasteiger partial charge < -0.3 is 4.98 Å². The van der Waals surface area contributed by atoms with Crippen molar-refractivity contribution in [2.45, 2.75) is 16.5 Å². The molecule has 0 unspecified atom stereocenters. The third-order valence-corrected chi connectivity index (χ3v) is 4.75. The summed E-state index contributed by atoms with van der Waals surface area (Å²) in [5.74, 6) is 0.109. The molecule has 0 spiro atoms. The molecule has 6 heteroatoms. The Morgan fingerprint density at radius 3 is 3.05 bits per heavy atom. The lowest BCUT2D eigenvalue weighted by Crippen LogP contribution is -2.12. The Morgan fingerprint density at radius 1 is 1.42 bits per heavy atom. The van der Waals surface area contributed by atoms with E-state index < -0.39 is 0 Å². The fourth-order valence-corrected chi connectivity index (χ4v) is 3.61. The lowest BCUT2D eigenvalue weighted by atomic mass is 10.1. The van der Waals surface area contributed by atoms with E-state index in [2.05, 4.69) is 15.2 Å². The topological polar surface area (TPSA) is 58.6 Å². The summed E-state index contributed by atoms with van der Waals surface area (Å²) >= 11 is 2.90. The number of hydrogen-bond acceptors (Lipinski definition) is 5. The number of thioether (sulfide) groups is 1. The Bertz CT molecular complexity index is 706. The minimum atomic E-state index is -0.174. The first-order valence-corrected chi connectivity index (χ1v) is 7.55. The SMILES string of the molecule is C[C@@H](Sc1nncs1)C(=O)c1c[nH]c2ccccc12. The van der Waals surface area contributed by atoms with Gasteiger partial charge in [-0.05, 0) is 13.0 Å². The van der Waals surface area contributed by atoms with Crippen molar-refractivity contribution in [1.82, 2.24) is 15.2 Å². The van der Waals surface area contributed by atoms with Crippen molar-refractivity contribution in [2.24, 2.45) is 0 Å². The Kier molecular flexibility index (Phi) is 3.35. The zero-order valence-corrected chi connectivity index (χ0v) is 11.8. The number of ketones is 1. The number of fused-ring (bicyclic) bond motifs is 1. The van der Waals surface area contributed by atoms with Gasteiger partial charge in [0, 0.05) is 22.7 Å². The predicted molar refractivity (Wildman–Crippen MR) is 77.9 cm³/mol. The monoisotopic (exact) mass is 289 g/mol. The number of aromatic nitrogens is 3. The first-order chi connectivity index (χ1) is 9.25. The molecule has 2 aromatic heterocycles. The van der Waals surface area contributed by atoms with Gasteiger partial charge in [-0.1, -0.05) is 41.3 Å². The fourth-order valence-electron chi connectivity index (χ4n) is 1.91. The number of nitrogens with zero attached hydrogens (tertiary/aromatic N) is 2. The van der Waals surface area contributed by atoms with Gasteiger partial charge in [0.2, 0.25) is 0 Å². The summed E-state index contributed by atoms with van der Waals surface area (Å²) in [6.45, 7) is 1.90. The molecule has 0 aliphatic carbocycles. The summed E-state index contributed by atoms with van der Waals surface area (Å²) in [6.07, 6.45) is 1.78. The molecule has 1 atom stereocenters. The van der Waals surface area contributed by atoms with Crippen molar-refractivity contribution < 1.29 is 4.79 Å². The van der Waals surface area contributed by atoms with E-state index in [0.717, 1.165) is 20.8 Å². The number of nitrogens with one attached hydrogen (secondary N) is 1. The number of Topliss-reactive ketones (excluding diaryl/α,β-unsaturated/α-hetero) is 1. The van der Waals surface area contributed by atoms with Crippen LogP contribution in [0.2, 0.25) is 0 Å². The number of aromatic amines is 1. The molecule has 0 aliphatic rings. The summed E-state index contributed by atoms with van der Waals surface area (Å²) in [5, 5.41) is 8.53. The minimum absolute atomic E-state index is 0.109. The molecule has 0 radical (unpaired) electrons. The molecular weight excluding hydrogens is 278 g/mol. The average molecular weight is 289 g/mol. The molecular formula is C13H11N3OS2. The summed E-state index contributed by atoms with van der Waals surface area (Å²) < 4.78 is 0.820. The Morgan fingerprint density at radius 2 is 2.26 bits per heavy atom. The lowest BCUT2D eigenvalue weighted by Gasteiger charge is -2.06. The van der Waals surface area contributed by atoms with Gasteiger partial charge in [0.15, 0.2) is 10.1 Å². The quantitative estimate of drug-likeness (QED) is 0.591. The highest BCUT2D eigenvalue weighted by molar-refractivity contribution is 8.02. The molecule has 4 nitrogen and oxygen atoms in total. The van der Waals surface area contributed by atoms with Gasteiger partial charge in [0.25, 0.3) is 0 Å². The van der Waals surface area contributed by atoms with Crippen molar-refractivity contribution in [2.75, 3.05) is 0 Å². The van der Waals surface area contributed by atoms with Gasteiger partial charge in [-0.25, -0.2) is 0 Å². The number of para-hydroxylation sites is 1. The van der Waals surface area contributed by atoms with E-state index >= 15 is 0 Å². The van der Waals surface area contributed by atoms with Gasteiger partial charge >= 0.3 is 0 Å². The highest BCUT2D eigenvalue weighted by Gasteiger charge is 2.20. The Hall–Kier alpha value is -1.66. The standard InChI is InChI=1S/C13H11N3OS2/c1-8(19-13-16-15-7-18-13)12(17)10-6-14-11-5-3-2-4-9(10)11/h2-8,14H,1H3/t8-/m1/s1.